The van der Waals surface area contributed by atoms with Crippen molar-refractivity contribution in [2.75, 3.05) is 0 Å². The van der Waals surface area contributed by atoms with Crippen LogP contribution in [-0.4, -0.2) is 9.97 Å². The molecule has 0 atom stereocenters. The molecular weight excluding hydrogens is 649 g/mol. The SMILES string of the molecule is CC1(C)c2ccc(-c3cccc(-c4nc(-c5ccccc5)c5c(n4)sc4ccccc45)c3)cc2-c2cc3c(cc21)-c1ccccc1C31CCCCC1. The molecule has 0 saturated heterocycles. The fraction of sp³-hybridized carbons (Fsp3) is 0.184. The average Bonchev–Trinajstić information content (AvgIpc) is 3.78. The molecule has 1 fully saturated rings. The highest BCUT2D eigenvalue weighted by Gasteiger charge is 2.46. The second-order valence-electron chi connectivity index (χ2n) is 15.6. The van der Waals surface area contributed by atoms with E-state index in [1.165, 1.54) is 86.7 Å². The second-order valence-corrected chi connectivity index (χ2v) is 16.7. The van der Waals surface area contributed by atoms with Crippen LogP contribution in [0.5, 0.6) is 0 Å². The summed E-state index contributed by atoms with van der Waals surface area (Å²) in [6, 6.07) is 49.6. The molecule has 0 amide bonds. The van der Waals surface area contributed by atoms with E-state index in [1.54, 1.807) is 22.5 Å². The Morgan fingerprint density at radius 1 is 0.500 bits per heavy atom. The van der Waals surface area contributed by atoms with Gasteiger partial charge >= 0.3 is 0 Å². The van der Waals surface area contributed by atoms with Crippen molar-refractivity contribution >= 4 is 31.6 Å². The van der Waals surface area contributed by atoms with Crippen LogP contribution < -0.4 is 0 Å². The van der Waals surface area contributed by atoms with Gasteiger partial charge in [-0.3, -0.25) is 0 Å². The van der Waals surface area contributed by atoms with Gasteiger partial charge in [0.15, 0.2) is 5.82 Å². The molecule has 2 heterocycles. The molecule has 0 N–H and O–H groups in total. The van der Waals surface area contributed by atoms with Gasteiger partial charge in [0.05, 0.1) is 5.69 Å². The lowest BCUT2D eigenvalue weighted by molar-refractivity contribution is 0.353. The first-order valence-corrected chi connectivity index (χ1v) is 19.6. The van der Waals surface area contributed by atoms with Gasteiger partial charge in [-0.1, -0.05) is 136 Å². The van der Waals surface area contributed by atoms with Crippen molar-refractivity contribution in [3.05, 3.63) is 156 Å². The number of benzene rings is 6. The molecule has 0 unspecified atom stereocenters. The third kappa shape index (κ3) is 4.23. The number of hydrogen-bond acceptors (Lipinski definition) is 3. The highest BCUT2D eigenvalue weighted by Crippen LogP contribution is 2.60. The van der Waals surface area contributed by atoms with Crippen molar-refractivity contribution in [3.63, 3.8) is 0 Å². The standard InChI is InChI=1S/C49H38N2S/c1-48(2)39-23-22-32(27-36(39)38-29-42-37(28-41(38)48)34-18-7-9-20-40(34)49(42)24-11-4-12-25-49)31-16-13-17-33(26-31)46-50-45(30-14-5-3-6-15-30)44-35-19-8-10-21-43(35)52-47(44)51-46/h3,5-10,13-23,26-29H,4,11-12,24-25H2,1-2H3. The Morgan fingerprint density at radius 3 is 2.08 bits per heavy atom. The largest absolute Gasteiger partial charge is 0.227 e. The zero-order valence-electron chi connectivity index (χ0n) is 29.5. The minimum atomic E-state index is -0.0708. The van der Waals surface area contributed by atoms with Crippen LogP contribution in [0.3, 0.4) is 0 Å². The van der Waals surface area contributed by atoms with Gasteiger partial charge in [-0.2, -0.15) is 0 Å². The predicted octanol–water partition coefficient (Wildman–Crippen LogP) is 13.4. The third-order valence-electron chi connectivity index (χ3n) is 12.5. The van der Waals surface area contributed by atoms with Crippen molar-refractivity contribution in [3.8, 4) is 56.0 Å². The molecule has 11 rings (SSSR count). The second kappa shape index (κ2) is 11.1. The van der Waals surface area contributed by atoms with E-state index in [2.05, 4.69) is 147 Å². The number of rotatable bonds is 3. The summed E-state index contributed by atoms with van der Waals surface area (Å²) in [5, 5.41) is 2.35. The van der Waals surface area contributed by atoms with E-state index in [4.69, 9.17) is 9.97 Å². The Bertz CT molecular complexity index is 2750. The maximum absolute atomic E-state index is 5.29. The summed E-state index contributed by atoms with van der Waals surface area (Å²) in [6.07, 6.45) is 6.46. The summed E-state index contributed by atoms with van der Waals surface area (Å²) in [4.78, 5) is 11.5. The summed E-state index contributed by atoms with van der Waals surface area (Å²) in [7, 11) is 0. The maximum Gasteiger partial charge on any atom is 0.161 e. The first kappa shape index (κ1) is 30.3. The van der Waals surface area contributed by atoms with Crippen molar-refractivity contribution in [1.82, 2.24) is 9.97 Å². The summed E-state index contributed by atoms with van der Waals surface area (Å²) < 4.78 is 1.24. The Hall–Kier alpha value is -5.38. The lowest BCUT2D eigenvalue weighted by Crippen LogP contribution is -2.28. The van der Waals surface area contributed by atoms with Crippen molar-refractivity contribution in [2.24, 2.45) is 0 Å². The minimum absolute atomic E-state index is 0.0708. The molecule has 1 saturated carbocycles. The molecule has 2 nitrogen and oxygen atoms in total. The summed E-state index contributed by atoms with van der Waals surface area (Å²) >= 11 is 1.75. The van der Waals surface area contributed by atoms with Gasteiger partial charge in [-0.25, -0.2) is 9.97 Å². The number of thiophene rings is 1. The molecule has 0 radical (unpaired) electrons. The lowest BCUT2D eigenvalue weighted by atomic mass is 9.67. The van der Waals surface area contributed by atoms with E-state index < -0.39 is 0 Å². The molecule has 0 bridgehead atoms. The van der Waals surface area contributed by atoms with Gasteiger partial charge in [0.25, 0.3) is 0 Å². The summed E-state index contributed by atoms with van der Waals surface area (Å²) in [5.74, 6) is 0.764. The van der Waals surface area contributed by atoms with Gasteiger partial charge in [-0.05, 0) is 98.8 Å². The molecule has 250 valence electrons. The number of aromatic nitrogens is 2. The van der Waals surface area contributed by atoms with Gasteiger partial charge in [0.1, 0.15) is 4.83 Å². The van der Waals surface area contributed by atoms with Crippen LogP contribution in [0.1, 0.15) is 68.2 Å². The van der Waals surface area contributed by atoms with Gasteiger partial charge in [0, 0.05) is 37.4 Å². The fourth-order valence-electron chi connectivity index (χ4n) is 9.96. The van der Waals surface area contributed by atoms with E-state index in [0.29, 0.717) is 0 Å². The number of fused-ring (bicyclic) bond motifs is 11. The highest BCUT2D eigenvalue weighted by atomic mass is 32.1. The number of hydrogen-bond donors (Lipinski definition) is 0. The van der Waals surface area contributed by atoms with Crippen LogP contribution in [0.15, 0.2) is 133 Å². The monoisotopic (exact) mass is 686 g/mol. The minimum Gasteiger partial charge on any atom is -0.227 e. The molecule has 52 heavy (non-hydrogen) atoms. The predicted molar refractivity (Wildman–Crippen MR) is 218 cm³/mol. The molecule has 3 aliphatic rings. The smallest absolute Gasteiger partial charge is 0.161 e. The van der Waals surface area contributed by atoms with Crippen LogP contribution >= 0.6 is 11.3 Å². The molecule has 8 aromatic rings. The van der Waals surface area contributed by atoms with Gasteiger partial charge in [-0.15, -0.1) is 11.3 Å². The lowest BCUT2D eigenvalue weighted by Gasteiger charge is -2.36. The molecule has 3 aliphatic carbocycles. The quantitative estimate of drug-likeness (QED) is 0.185. The van der Waals surface area contributed by atoms with E-state index >= 15 is 0 Å². The van der Waals surface area contributed by atoms with Gasteiger partial charge < -0.3 is 0 Å². The van der Waals surface area contributed by atoms with Crippen molar-refractivity contribution in [2.45, 2.75) is 56.8 Å². The zero-order valence-corrected chi connectivity index (χ0v) is 30.4. The Labute approximate surface area is 308 Å². The summed E-state index contributed by atoms with van der Waals surface area (Å²) in [5.41, 5.74) is 17.3. The maximum atomic E-state index is 5.29. The van der Waals surface area contributed by atoms with Crippen LogP contribution in [-0.2, 0) is 10.8 Å². The van der Waals surface area contributed by atoms with Crippen molar-refractivity contribution in [1.29, 1.82) is 0 Å². The Morgan fingerprint density at radius 2 is 1.19 bits per heavy atom. The first-order chi connectivity index (χ1) is 25.5. The molecular formula is C49H38N2S. The van der Waals surface area contributed by atoms with E-state index in [-0.39, 0.29) is 10.8 Å². The van der Waals surface area contributed by atoms with E-state index in [1.807, 2.05) is 0 Å². The first-order valence-electron chi connectivity index (χ1n) is 18.8. The fourth-order valence-corrected chi connectivity index (χ4v) is 11.0. The van der Waals surface area contributed by atoms with Crippen LogP contribution in [0.4, 0.5) is 0 Å². The molecule has 3 heteroatoms. The zero-order chi connectivity index (χ0) is 34.6. The number of nitrogens with zero attached hydrogens (tertiary/aromatic N) is 2. The average molecular weight is 687 g/mol. The topological polar surface area (TPSA) is 25.8 Å². The van der Waals surface area contributed by atoms with Crippen molar-refractivity contribution < 1.29 is 0 Å². The molecule has 0 aliphatic heterocycles. The highest BCUT2D eigenvalue weighted by molar-refractivity contribution is 7.25. The molecule has 1 spiro atoms. The Balaban J connectivity index is 1.05. The molecule has 6 aromatic carbocycles. The summed E-state index contributed by atoms with van der Waals surface area (Å²) in [6.45, 7) is 4.82. The van der Waals surface area contributed by atoms with Gasteiger partial charge in [0.2, 0.25) is 0 Å². The van der Waals surface area contributed by atoms with Crippen LogP contribution in [0.25, 0.3) is 76.3 Å². The normalized spacial score (nSPS) is 16.2. The van der Waals surface area contributed by atoms with Crippen LogP contribution in [0.2, 0.25) is 0 Å². The van der Waals surface area contributed by atoms with E-state index in [9.17, 15) is 0 Å². The van der Waals surface area contributed by atoms with E-state index in [0.717, 1.165) is 32.9 Å². The third-order valence-corrected chi connectivity index (χ3v) is 13.6. The molecule has 2 aromatic heterocycles. The Kier molecular flexibility index (Phi) is 6.44. The van der Waals surface area contributed by atoms with Crippen LogP contribution in [0, 0.1) is 0 Å².